The van der Waals surface area contributed by atoms with E-state index in [4.69, 9.17) is 29.8 Å². The smallest absolute Gasteiger partial charge is 0.300 e. The molecule has 2 rings (SSSR count). The summed E-state index contributed by atoms with van der Waals surface area (Å²) in [6.45, 7) is 7.90. The Kier molecular flexibility index (Phi) is 17.4. The van der Waals surface area contributed by atoms with E-state index in [0.29, 0.717) is 26.1 Å². The Morgan fingerprint density at radius 1 is 1.16 bits per heavy atom. The highest BCUT2D eigenvalue weighted by molar-refractivity contribution is 5.62. The molecule has 1 aromatic carbocycles. The van der Waals surface area contributed by atoms with Gasteiger partial charge in [-0.05, 0) is 56.5 Å². The highest BCUT2D eigenvalue weighted by Gasteiger charge is 2.38. The van der Waals surface area contributed by atoms with Gasteiger partial charge in [0.2, 0.25) is 0 Å². The molecule has 0 aliphatic carbocycles. The van der Waals surface area contributed by atoms with Crippen LogP contribution in [0.25, 0.3) is 0 Å². The van der Waals surface area contributed by atoms with E-state index in [-0.39, 0.29) is 6.61 Å². The third-order valence-corrected chi connectivity index (χ3v) is 6.21. The van der Waals surface area contributed by atoms with E-state index in [1.54, 1.807) is 0 Å². The fourth-order valence-electron chi connectivity index (χ4n) is 4.17. The number of aliphatic hydroxyl groups is 3. The number of rotatable bonds is 17. The number of benzene rings is 1. The first-order chi connectivity index (χ1) is 18.1. The van der Waals surface area contributed by atoms with Crippen LogP contribution in [0.2, 0.25) is 0 Å². The van der Waals surface area contributed by atoms with Crippen LogP contribution < -0.4 is 10.5 Å². The molecular formula is C28H50N2O8. The molecule has 2 unspecified atom stereocenters. The average Bonchev–Trinajstić information content (AvgIpc) is 2.86. The highest BCUT2D eigenvalue weighted by atomic mass is 16.8. The molecule has 0 radical (unpaired) electrons. The maximum absolute atomic E-state index is 10.7. The lowest BCUT2D eigenvalue weighted by molar-refractivity contribution is -0.398. The largest absolute Gasteiger partial charge is 0.492 e. The van der Waals surface area contributed by atoms with Crippen molar-refractivity contribution in [3.8, 4) is 5.75 Å². The van der Waals surface area contributed by atoms with Crippen molar-refractivity contribution in [2.75, 3.05) is 39.4 Å². The van der Waals surface area contributed by atoms with Crippen molar-refractivity contribution < 1.29 is 39.4 Å². The molecule has 10 nitrogen and oxygen atoms in total. The summed E-state index contributed by atoms with van der Waals surface area (Å²) in [5.74, 6) is -1.75. The molecule has 6 N–H and O–H groups in total. The minimum Gasteiger partial charge on any atom is -0.492 e. The number of carbonyl (C=O) groups is 1. The molecular weight excluding hydrogens is 492 g/mol. The van der Waals surface area contributed by atoms with Gasteiger partial charge < -0.3 is 40.4 Å². The number of aliphatic carboxylic acids is 1. The number of aliphatic hydroxyl groups excluding tert-OH is 2. The Hall–Kier alpha value is -1.79. The zero-order valence-electron chi connectivity index (χ0n) is 23.4. The first-order valence-electron chi connectivity index (χ1n) is 13.8. The second kappa shape index (κ2) is 19.3. The highest BCUT2D eigenvalue weighted by Crippen LogP contribution is 2.23. The second-order valence-corrected chi connectivity index (χ2v) is 9.87. The van der Waals surface area contributed by atoms with Crippen molar-refractivity contribution in [2.45, 2.75) is 96.4 Å². The molecule has 0 amide bonds. The third kappa shape index (κ3) is 15.6. The van der Waals surface area contributed by atoms with E-state index in [9.17, 15) is 15.3 Å². The normalized spacial score (nSPS) is 20.9. The van der Waals surface area contributed by atoms with Crippen LogP contribution >= 0.6 is 0 Å². The number of nitrogens with two attached hydrogens (primary N) is 1. The Bertz CT molecular complexity index is 743. The van der Waals surface area contributed by atoms with E-state index < -0.39 is 30.3 Å². The maximum Gasteiger partial charge on any atom is 0.300 e. The monoisotopic (exact) mass is 542 g/mol. The van der Waals surface area contributed by atoms with Crippen LogP contribution in [0.4, 0.5) is 0 Å². The molecule has 0 spiro atoms. The van der Waals surface area contributed by atoms with Gasteiger partial charge in [0.25, 0.3) is 11.9 Å². The number of nitrogens with zero attached hydrogens (tertiary/aromatic N) is 1. The molecule has 38 heavy (non-hydrogen) atoms. The fraction of sp³-hybridized carbons (Fsp3) is 0.750. The van der Waals surface area contributed by atoms with E-state index in [1.165, 1.54) is 18.9 Å². The van der Waals surface area contributed by atoms with E-state index in [2.05, 4.69) is 24.0 Å². The standard InChI is InChI=1S/C26H46N2O6.C2H4O2/c1-3-4-5-8-16-28(20-23(29)25(30)24-14-18-33-26(2,31)34-24)17-19-32-22-12-10-21(11-13-22)9-6-7-15-27;1-2(3)4/h10-13,23-25,29-31H,3-9,14-20,27H2,1-2H3;1H3,(H,3,4)/t23-,24+,25?,26?;/m0./s1. The van der Waals surface area contributed by atoms with Gasteiger partial charge in [0, 0.05) is 33.4 Å². The summed E-state index contributed by atoms with van der Waals surface area (Å²) in [4.78, 5) is 11.1. The summed E-state index contributed by atoms with van der Waals surface area (Å²) >= 11 is 0. The maximum atomic E-state index is 10.7. The lowest BCUT2D eigenvalue weighted by Crippen LogP contribution is -2.52. The van der Waals surface area contributed by atoms with Gasteiger partial charge in [-0.25, -0.2) is 0 Å². The number of hydrogen-bond acceptors (Lipinski definition) is 9. The predicted molar refractivity (Wildman–Crippen MR) is 146 cm³/mol. The third-order valence-electron chi connectivity index (χ3n) is 6.21. The summed E-state index contributed by atoms with van der Waals surface area (Å²) < 4.78 is 16.5. The van der Waals surface area contributed by atoms with Crippen molar-refractivity contribution in [1.82, 2.24) is 4.90 Å². The Morgan fingerprint density at radius 2 is 1.84 bits per heavy atom. The molecule has 1 aliphatic rings. The van der Waals surface area contributed by atoms with Crippen molar-refractivity contribution in [3.63, 3.8) is 0 Å². The van der Waals surface area contributed by atoms with Crippen molar-refractivity contribution in [1.29, 1.82) is 0 Å². The molecule has 220 valence electrons. The lowest BCUT2D eigenvalue weighted by Gasteiger charge is -2.38. The molecule has 1 aromatic rings. The SMILES string of the molecule is CC(=O)O.CCCCCCN(CCOc1ccc(CCCCN)cc1)C[C@H](O)C(O)[C@H]1CCOC(C)(O)O1. The Balaban J connectivity index is 0.00000168. The summed E-state index contributed by atoms with van der Waals surface area (Å²) in [6, 6.07) is 8.18. The van der Waals surface area contributed by atoms with Crippen LogP contribution in [0.1, 0.15) is 71.3 Å². The molecule has 1 fully saturated rings. The van der Waals surface area contributed by atoms with E-state index in [0.717, 1.165) is 64.3 Å². The summed E-state index contributed by atoms with van der Waals surface area (Å²) in [7, 11) is 0. The zero-order chi connectivity index (χ0) is 28.4. The molecule has 0 bridgehead atoms. The Morgan fingerprint density at radius 3 is 2.45 bits per heavy atom. The molecule has 0 saturated carbocycles. The van der Waals surface area contributed by atoms with E-state index >= 15 is 0 Å². The first-order valence-corrected chi connectivity index (χ1v) is 13.8. The molecule has 0 aromatic heterocycles. The zero-order valence-corrected chi connectivity index (χ0v) is 23.4. The predicted octanol–water partition coefficient (Wildman–Crippen LogP) is 2.51. The topological polar surface area (TPSA) is 155 Å². The van der Waals surface area contributed by atoms with Gasteiger partial charge in [-0.15, -0.1) is 0 Å². The quantitative estimate of drug-likeness (QED) is 0.185. The van der Waals surface area contributed by atoms with Crippen LogP contribution in [-0.4, -0.2) is 95.0 Å². The second-order valence-electron chi connectivity index (χ2n) is 9.87. The van der Waals surface area contributed by atoms with Crippen molar-refractivity contribution in [3.05, 3.63) is 29.8 Å². The van der Waals surface area contributed by atoms with Gasteiger partial charge in [-0.1, -0.05) is 38.3 Å². The van der Waals surface area contributed by atoms with Crippen LogP contribution in [0, 0.1) is 0 Å². The first kappa shape index (κ1) is 34.2. The van der Waals surface area contributed by atoms with Gasteiger partial charge in [0.15, 0.2) is 0 Å². The summed E-state index contributed by atoms with van der Waals surface area (Å²) in [6.07, 6.45) is 5.26. The number of carboxylic acid groups (broad SMARTS) is 1. The van der Waals surface area contributed by atoms with Crippen molar-refractivity contribution >= 4 is 5.97 Å². The van der Waals surface area contributed by atoms with E-state index in [1.807, 2.05) is 12.1 Å². The molecule has 4 atom stereocenters. The number of hydrogen-bond donors (Lipinski definition) is 5. The summed E-state index contributed by atoms with van der Waals surface area (Å²) in [5.41, 5.74) is 6.84. The van der Waals surface area contributed by atoms with Gasteiger partial charge >= 0.3 is 0 Å². The molecule has 1 heterocycles. The van der Waals surface area contributed by atoms with Crippen LogP contribution in [0.15, 0.2) is 24.3 Å². The Labute approximate surface area is 227 Å². The number of carboxylic acids is 1. The number of aryl methyl sites for hydroxylation is 1. The minimum absolute atomic E-state index is 0.266. The van der Waals surface area contributed by atoms with Gasteiger partial charge in [0.1, 0.15) is 18.5 Å². The molecule has 10 heteroatoms. The lowest BCUT2D eigenvalue weighted by atomic mass is 10.0. The van der Waals surface area contributed by atoms with Crippen LogP contribution in [0.5, 0.6) is 5.75 Å². The van der Waals surface area contributed by atoms with Gasteiger partial charge in [-0.2, -0.15) is 0 Å². The minimum atomic E-state index is -1.74. The fourth-order valence-corrected chi connectivity index (χ4v) is 4.17. The van der Waals surface area contributed by atoms with Crippen molar-refractivity contribution in [2.24, 2.45) is 5.73 Å². The van der Waals surface area contributed by atoms with Gasteiger partial charge in [-0.3, -0.25) is 9.69 Å². The average molecular weight is 543 g/mol. The van der Waals surface area contributed by atoms with Crippen LogP contribution in [0.3, 0.4) is 0 Å². The van der Waals surface area contributed by atoms with Crippen LogP contribution in [-0.2, 0) is 20.7 Å². The summed E-state index contributed by atoms with van der Waals surface area (Å²) in [5, 5.41) is 38.7. The molecule has 1 aliphatic heterocycles. The number of ether oxygens (including phenoxy) is 3. The molecule has 1 saturated heterocycles. The van der Waals surface area contributed by atoms with Gasteiger partial charge in [0.05, 0.1) is 18.8 Å². The number of unbranched alkanes of at least 4 members (excludes halogenated alkanes) is 4.